The number of benzene rings is 1. The maximum atomic E-state index is 13.2. The highest BCUT2D eigenvalue weighted by molar-refractivity contribution is 6.06. The molecule has 1 aromatic rings. The second-order valence-electron chi connectivity index (χ2n) is 7.96. The van der Waals surface area contributed by atoms with E-state index in [1.54, 1.807) is 23.1 Å². The summed E-state index contributed by atoms with van der Waals surface area (Å²) in [5.41, 5.74) is 0.836. The molecule has 3 atom stereocenters. The van der Waals surface area contributed by atoms with Crippen LogP contribution in [0.25, 0.3) is 0 Å². The van der Waals surface area contributed by atoms with Crippen LogP contribution in [-0.4, -0.2) is 90.1 Å². The fourth-order valence-electron chi connectivity index (χ4n) is 4.82. The van der Waals surface area contributed by atoms with E-state index in [0.717, 1.165) is 19.6 Å². The molecule has 0 spiro atoms. The molecule has 3 amide bonds. The molecule has 29 heavy (non-hydrogen) atoms. The number of hydrogen-bond acceptors (Lipinski definition) is 6. The summed E-state index contributed by atoms with van der Waals surface area (Å²) >= 11 is 0. The van der Waals surface area contributed by atoms with Crippen molar-refractivity contribution in [3.8, 4) is 5.75 Å². The molecule has 5 rings (SSSR count). The summed E-state index contributed by atoms with van der Waals surface area (Å²) in [5.74, 6) is 0.0632. The van der Waals surface area contributed by atoms with Gasteiger partial charge < -0.3 is 19.7 Å². The number of anilines is 1. The molecule has 1 N–H and O–H groups in total. The van der Waals surface area contributed by atoms with Gasteiger partial charge in [0, 0.05) is 26.2 Å². The second kappa shape index (κ2) is 6.91. The van der Waals surface area contributed by atoms with Crippen LogP contribution in [0.3, 0.4) is 0 Å². The lowest BCUT2D eigenvalue weighted by Gasteiger charge is -2.28. The van der Waals surface area contributed by atoms with Crippen LogP contribution in [-0.2, 0) is 9.53 Å². The number of fused-ring (bicyclic) bond motifs is 2. The van der Waals surface area contributed by atoms with E-state index in [2.05, 4.69) is 17.1 Å². The Morgan fingerprint density at radius 2 is 2.10 bits per heavy atom. The molecule has 0 bridgehead atoms. The quantitative estimate of drug-likeness (QED) is 0.806. The van der Waals surface area contributed by atoms with Crippen molar-refractivity contribution >= 4 is 23.6 Å². The van der Waals surface area contributed by atoms with E-state index in [0.29, 0.717) is 36.5 Å². The average Bonchev–Trinajstić information content (AvgIpc) is 3.41. The molecule has 1 unspecified atom stereocenters. The number of nitrogens with zero attached hydrogens (tertiary/aromatic N) is 3. The second-order valence-corrected chi connectivity index (χ2v) is 7.96. The van der Waals surface area contributed by atoms with E-state index in [4.69, 9.17) is 9.47 Å². The normalized spacial score (nSPS) is 28.7. The Kier molecular flexibility index (Phi) is 4.34. The predicted octanol–water partition coefficient (Wildman–Crippen LogP) is 0.757. The molecule has 9 nitrogen and oxygen atoms in total. The van der Waals surface area contributed by atoms with Gasteiger partial charge in [-0.15, -0.1) is 0 Å². The summed E-state index contributed by atoms with van der Waals surface area (Å²) in [6, 6.07) is 5.18. The van der Waals surface area contributed by atoms with Crippen molar-refractivity contribution in [1.82, 2.24) is 14.7 Å². The van der Waals surface area contributed by atoms with Crippen LogP contribution in [0.4, 0.5) is 10.5 Å². The topological polar surface area (TPSA) is 91.4 Å². The summed E-state index contributed by atoms with van der Waals surface area (Å²) in [4.78, 5) is 43.2. The smallest absolute Gasteiger partial charge is 0.410 e. The number of carbonyl (C=O) groups is 3. The maximum absolute atomic E-state index is 13.2. The first-order valence-corrected chi connectivity index (χ1v) is 10.1. The molecule has 0 radical (unpaired) electrons. The first-order valence-electron chi connectivity index (χ1n) is 10.1. The third-order valence-corrected chi connectivity index (χ3v) is 6.30. The first-order chi connectivity index (χ1) is 14.0. The van der Waals surface area contributed by atoms with E-state index < -0.39 is 0 Å². The standard InChI is InChI=1S/C20H24N4O5/c1-2-22-9-14-16(10-22)29-20(27)24(14)12-6-7-23(8-12)19(26)13-4-3-5-15-18(13)21-17(25)11-28-15/h3-5,12,14,16H,2,6-11H2,1H3,(H,21,25)/t12?,14-,16+/m1/s1. The number of carbonyl (C=O) groups excluding carboxylic acids is 3. The summed E-state index contributed by atoms with van der Waals surface area (Å²) in [6.45, 7) is 5.58. The lowest BCUT2D eigenvalue weighted by Crippen LogP contribution is -2.46. The van der Waals surface area contributed by atoms with Gasteiger partial charge in [-0.2, -0.15) is 0 Å². The Balaban J connectivity index is 1.32. The van der Waals surface area contributed by atoms with E-state index in [1.165, 1.54) is 0 Å². The van der Waals surface area contributed by atoms with Gasteiger partial charge in [-0.1, -0.05) is 13.0 Å². The molecule has 3 saturated heterocycles. The van der Waals surface area contributed by atoms with Gasteiger partial charge in [0.15, 0.2) is 6.61 Å². The van der Waals surface area contributed by atoms with E-state index in [-0.39, 0.29) is 42.7 Å². The molecular formula is C20H24N4O5. The van der Waals surface area contributed by atoms with Gasteiger partial charge in [-0.05, 0) is 25.1 Å². The zero-order valence-corrected chi connectivity index (χ0v) is 16.3. The average molecular weight is 400 g/mol. The highest BCUT2D eigenvalue weighted by Gasteiger charge is 2.51. The van der Waals surface area contributed by atoms with E-state index in [9.17, 15) is 14.4 Å². The van der Waals surface area contributed by atoms with Gasteiger partial charge >= 0.3 is 6.09 Å². The van der Waals surface area contributed by atoms with Gasteiger partial charge in [-0.3, -0.25) is 19.4 Å². The summed E-state index contributed by atoms with van der Waals surface area (Å²) in [6.07, 6.45) is 0.363. The molecule has 4 aliphatic rings. The number of nitrogens with one attached hydrogen (secondary N) is 1. The molecule has 4 heterocycles. The molecule has 0 saturated carbocycles. The number of rotatable bonds is 3. The fraction of sp³-hybridized carbons (Fsp3) is 0.550. The monoisotopic (exact) mass is 400 g/mol. The number of likely N-dealkylation sites (N-methyl/N-ethyl adjacent to an activating group) is 1. The Morgan fingerprint density at radius 1 is 1.24 bits per heavy atom. The Labute approximate surface area is 168 Å². The zero-order valence-electron chi connectivity index (χ0n) is 16.3. The minimum Gasteiger partial charge on any atom is -0.482 e. The highest BCUT2D eigenvalue weighted by atomic mass is 16.6. The predicted molar refractivity (Wildman–Crippen MR) is 103 cm³/mol. The maximum Gasteiger partial charge on any atom is 0.410 e. The van der Waals surface area contributed by atoms with Crippen LogP contribution in [0.15, 0.2) is 18.2 Å². The third-order valence-electron chi connectivity index (χ3n) is 6.30. The zero-order chi connectivity index (χ0) is 20.1. The number of hydrogen-bond donors (Lipinski definition) is 1. The van der Waals surface area contributed by atoms with Crippen molar-refractivity contribution in [2.45, 2.75) is 31.5 Å². The fourth-order valence-corrected chi connectivity index (χ4v) is 4.82. The van der Waals surface area contributed by atoms with Crippen LogP contribution in [0.5, 0.6) is 5.75 Å². The van der Waals surface area contributed by atoms with Crippen LogP contribution in [0.1, 0.15) is 23.7 Å². The molecular weight excluding hydrogens is 376 g/mol. The van der Waals surface area contributed by atoms with Crippen molar-refractivity contribution in [3.63, 3.8) is 0 Å². The van der Waals surface area contributed by atoms with Gasteiger partial charge in [0.05, 0.1) is 23.3 Å². The van der Waals surface area contributed by atoms with Gasteiger partial charge in [0.25, 0.3) is 11.8 Å². The number of ether oxygens (including phenoxy) is 2. The molecule has 9 heteroatoms. The van der Waals surface area contributed by atoms with Gasteiger partial charge in [0.2, 0.25) is 0 Å². The van der Waals surface area contributed by atoms with Crippen molar-refractivity contribution < 1.29 is 23.9 Å². The molecule has 0 aliphatic carbocycles. The minimum atomic E-state index is -0.274. The Bertz CT molecular complexity index is 874. The summed E-state index contributed by atoms with van der Waals surface area (Å²) in [7, 11) is 0. The Morgan fingerprint density at radius 3 is 2.93 bits per heavy atom. The number of amides is 3. The van der Waals surface area contributed by atoms with Gasteiger partial charge in [0.1, 0.15) is 11.9 Å². The minimum absolute atomic E-state index is 0.0508. The summed E-state index contributed by atoms with van der Waals surface area (Å²) in [5, 5.41) is 2.75. The van der Waals surface area contributed by atoms with Crippen molar-refractivity contribution in [1.29, 1.82) is 0 Å². The molecule has 1 aromatic carbocycles. The van der Waals surface area contributed by atoms with Crippen LogP contribution in [0.2, 0.25) is 0 Å². The number of para-hydroxylation sites is 1. The van der Waals surface area contributed by atoms with Gasteiger partial charge in [-0.25, -0.2) is 4.79 Å². The van der Waals surface area contributed by atoms with E-state index in [1.807, 2.05) is 4.90 Å². The largest absolute Gasteiger partial charge is 0.482 e. The molecule has 0 aromatic heterocycles. The lowest BCUT2D eigenvalue weighted by atomic mass is 10.1. The van der Waals surface area contributed by atoms with Crippen LogP contribution in [0, 0.1) is 0 Å². The lowest BCUT2D eigenvalue weighted by molar-refractivity contribution is -0.118. The molecule has 4 aliphatic heterocycles. The highest BCUT2D eigenvalue weighted by Crippen LogP contribution is 2.34. The number of likely N-dealkylation sites (tertiary alicyclic amines) is 2. The molecule has 3 fully saturated rings. The van der Waals surface area contributed by atoms with Crippen LogP contribution < -0.4 is 10.1 Å². The SMILES string of the molecule is CCN1C[C@@H]2OC(=O)N(C3CCN(C(=O)c4cccc5c4NC(=O)CO5)C3)[C@@H]2C1. The third kappa shape index (κ3) is 3.00. The molecule has 154 valence electrons. The van der Waals surface area contributed by atoms with Crippen molar-refractivity contribution in [2.24, 2.45) is 0 Å². The summed E-state index contributed by atoms with van der Waals surface area (Å²) < 4.78 is 11.0. The Hall–Kier alpha value is -2.81. The van der Waals surface area contributed by atoms with E-state index >= 15 is 0 Å². The van der Waals surface area contributed by atoms with Crippen LogP contribution >= 0.6 is 0 Å². The van der Waals surface area contributed by atoms with Crippen molar-refractivity contribution in [3.05, 3.63) is 23.8 Å². The van der Waals surface area contributed by atoms with Crippen molar-refractivity contribution in [2.75, 3.05) is 44.6 Å². The first kappa shape index (κ1) is 18.2.